The Morgan fingerprint density at radius 2 is 1.87 bits per heavy atom. The van der Waals surface area contributed by atoms with E-state index in [0.717, 1.165) is 5.56 Å². The topological polar surface area (TPSA) is 77.0 Å². The molecule has 0 heterocycles. The maximum absolute atomic E-state index is 11.1. The lowest BCUT2D eigenvalue weighted by molar-refractivity contribution is -0.149. The van der Waals surface area contributed by atoms with Crippen LogP contribution in [0.15, 0.2) is 24.3 Å². The number of aliphatic hydroxyl groups is 1. The van der Waals surface area contributed by atoms with E-state index in [1.165, 1.54) is 6.92 Å². The Balaban J connectivity index is 2.53. The van der Waals surface area contributed by atoms with Crippen molar-refractivity contribution in [3.63, 3.8) is 0 Å². The second-order valence-electron chi connectivity index (χ2n) is 5.65. The molecule has 0 saturated heterocycles. The first kappa shape index (κ1) is 19.4. The molecule has 0 amide bonds. The van der Waals surface area contributed by atoms with E-state index in [-0.39, 0.29) is 12.6 Å². The van der Waals surface area contributed by atoms with Gasteiger partial charge in [0.05, 0.1) is 6.61 Å². The largest absolute Gasteiger partial charge is 0.491 e. The Hall–Kier alpha value is -1.63. The van der Waals surface area contributed by atoms with Gasteiger partial charge in [0, 0.05) is 26.6 Å². The van der Waals surface area contributed by atoms with Crippen molar-refractivity contribution in [2.24, 2.45) is 0 Å². The van der Waals surface area contributed by atoms with E-state index in [1.54, 1.807) is 19.2 Å². The first-order valence-corrected chi connectivity index (χ1v) is 7.72. The third kappa shape index (κ3) is 7.97. The highest BCUT2D eigenvalue weighted by Crippen LogP contribution is 2.21. The SMILES string of the molecule is COCC(OC(C)=O)c1ccc(OCC(O)CNC(C)C)cc1. The van der Waals surface area contributed by atoms with Crippen LogP contribution in [-0.2, 0) is 14.3 Å². The molecular weight excluding hydrogens is 298 g/mol. The van der Waals surface area contributed by atoms with Gasteiger partial charge in [-0.25, -0.2) is 0 Å². The Morgan fingerprint density at radius 1 is 1.22 bits per heavy atom. The molecule has 0 aliphatic rings. The van der Waals surface area contributed by atoms with Crippen LogP contribution in [0.25, 0.3) is 0 Å². The number of rotatable bonds is 10. The lowest BCUT2D eigenvalue weighted by Gasteiger charge is -2.18. The average Bonchev–Trinajstić information content (AvgIpc) is 2.50. The molecular formula is C17H27NO5. The summed E-state index contributed by atoms with van der Waals surface area (Å²) in [6.07, 6.45) is -1.01. The fourth-order valence-corrected chi connectivity index (χ4v) is 1.95. The highest BCUT2D eigenvalue weighted by molar-refractivity contribution is 5.66. The maximum atomic E-state index is 11.1. The summed E-state index contributed by atoms with van der Waals surface area (Å²) in [6.45, 7) is 6.40. The van der Waals surface area contributed by atoms with Crippen LogP contribution in [0.1, 0.15) is 32.4 Å². The zero-order valence-corrected chi connectivity index (χ0v) is 14.2. The quantitative estimate of drug-likeness (QED) is 0.637. The maximum Gasteiger partial charge on any atom is 0.303 e. The van der Waals surface area contributed by atoms with E-state index in [4.69, 9.17) is 14.2 Å². The molecule has 0 saturated carbocycles. The first-order chi connectivity index (χ1) is 10.9. The molecule has 1 aromatic rings. The lowest BCUT2D eigenvalue weighted by atomic mass is 10.1. The van der Waals surface area contributed by atoms with Gasteiger partial charge in [0.25, 0.3) is 0 Å². The summed E-state index contributed by atoms with van der Waals surface area (Å²) in [4.78, 5) is 11.1. The summed E-state index contributed by atoms with van der Waals surface area (Å²) in [5.74, 6) is 0.296. The van der Waals surface area contributed by atoms with Crippen LogP contribution in [-0.4, -0.2) is 50.1 Å². The molecule has 1 rings (SSSR count). The summed E-state index contributed by atoms with van der Waals surface area (Å²) in [5.41, 5.74) is 0.830. The van der Waals surface area contributed by atoms with E-state index in [9.17, 15) is 9.90 Å². The van der Waals surface area contributed by atoms with Gasteiger partial charge in [-0.15, -0.1) is 0 Å². The van der Waals surface area contributed by atoms with Crippen LogP contribution in [0.4, 0.5) is 0 Å². The molecule has 0 bridgehead atoms. The smallest absolute Gasteiger partial charge is 0.303 e. The Kier molecular flexibility index (Phi) is 8.61. The van der Waals surface area contributed by atoms with Gasteiger partial charge in [0.15, 0.2) is 6.10 Å². The molecule has 6 nitrogen and oxygen atoms in total. The van der Waals surface area contributed by atoms with E-state index in [1.807, 2.05) is 26.0 Å². The van der Waals surface area contributed by atoms with Gasteiger partial charge in [-0.1, -0.05) is 26.0 Å². The molecule has 23 heavy (non-hydrogen) atoms. The van der Waals surface area contributed by atoms with Crippen LogP contribution < -0.4 is 10.1 Å². The molecule has 0 fully saturated rings. The lowest BCUT2D eigenvalue weighted by Crippen LogP contribution is -2.35. The van der Waals surface area contributed by atoms with Crippen LogP contribution in [0, 0.1) is 0 Å². The number of methoxy groups -OCH3 is 1. The summed E-state index contributed by atoms with van der Waals surface area (Å²) < 4.78 is 15.8. The summed E-state index contributed by atoms with van der Waals surface area (Å²) in [5, 5.41) is 13.0. The minimum absolute atomic E-state index is 0.213. The molecule has 0 radical (unpaired) electrons. The van der Waals surface area contributed by atoms with Gasteiger partial charge in [0.2, 0.25) is 0 Å². The highest BCUT2D eigenvalue weighted by atomic mass is 16.6. The van der Waals surface area contributed by atoms with Gasteiger partial charge >= 0.3 is 5.97 Å². The highest BCUT2D eigenvalue weighted by Gasteiger charge is 2.15. The Bertz CT molecular complexity index is 461. The van der Waals surface area contributed by atoms with Crippen LogP contribution >= 0.6 is 0 Å². The van der Waals surface area contributed by atoms with Crippen LogP contribution in [0.5, 0.6) is 5.75 Å². The van der Waals surface area contributed by atoms with Crippen molar-refractivity contribution in [3.05, 3.63) is 29.8 Å². The zero-order valence-electron chi connectivity index (χ0n) is 14.2. The number of carbonyl (C=O) groups is 1. The van der Waals surface area contributed by atoms with Gasteiger partial charge in [-0.2, -0.15) is 0 Å². The van der Waals surface area contributed by atoms with Crippen molar-refractivity contribution in [2.45, 2.75) is 39.0 Å². The van der Waals surface area contributed by atoms with Crippen molar-refractivity contribution in [3.8, 4) is 5.75 Å². The molecule has 2 atom stereocenters. The number of esters is 1. The van der Waals surface area contributed by atoms with Crippen molar-refractivity contribution >= 4 is 5.97 Å². The number of aliphatic hydroxyl groups excluding tert-OH is 1. The van der Waals surface area contributed by atoms with E-state index >= 15 is 0 Å². The standard InChI is InChI=1S/C17H27NO5/c1-12(2)18-9-15(20)10-22-16-7-5-14(6-8-16)17(11-21-4)23-13(3)19/h5-8,12,15,17-18,20H,9-11H2,1-4H3. The number of ether oxygens (including phenoxy) is 3. The third-order valence-corrected chi connectivity index (χ3v) is 3.08. The minimum atomic E-state index is -0.570. The van der Waals surface area contributed by atoms with E-state index < -0.39 is 12.2 Å². The molecule has 2 unspecified atom stereocenters. The van der Waals surface area contributed by atoms with Crippen LogP contribution in [0.3, 0.4) is 0 Å². The van der Waals surface area contributed by atoms with Gasteiger partial charge < -0.3 is 24.6 Å². The second-order valence-corrected chi connectivity index (χ2v) is 5.65. The average molecular weight is 325 g/mol. The van der Waals surface area contributed by atoms with Crippen molar-refractivity contribution < 1.29 is 24.1 Å². The number of hydrogen-bond acceptors (Lipinski definition) is 6. The summed E-state index contributed by atoms with van der Waals surface area (Å²) in [7, 11) is 1.56. The molecule has 0 aromatic heterocycles. The fourth-order valence-electron chi connectivity index (χ4n) is 1.95. The molecule has 2 N–H and O–H groups in total. The molecule has 6 heteroatoms. The summed E-state index contributed by atoms with van der Waals surface area (Å²) in [6, 6.07) is 7.53. The van der Waals surface area contributed by atoms with E-state index in [2.05, 4.69) is 5.32 Å². The Labute approximate surface area is 137 Å². The van der Waals surface area contributed by atoms with Gasteiger partial charge in [-0.05, 0) is 17.7 Å². The molecule has 0 spiro atoms. The molecule has 130 valence electrons. The minimum Gasteiger partial charge on any atom is -0.491 e. The van der Waals surface area contributed by atoms with Gasteiger partial charge in [-0.3, -0.25) is 4.79 Å². The zero-order chi connectivity index (χ0) is 17.2. The number of hydrogen-bond donors (Lipinski definition) is 2. The number of benzene rings is 1. The predicted octanol–water partition coefficient (Wildman–Crippen LogP) is 1.67. The second kappa shape index (κ2) is 10.2. The monoisotopic (exact) mass is 325 g/mol. The fraction of sp³-hybridized carbons (Fsp3) is 0.588. The summed E-state index contributed by atoms with van der Waals surface area (Å²) >= 11 is 0. The number of nitrogens with one attached hydrogen (secondary N) is 1. The first-order valence-electron chi connectivity index (χ1n) is 7.72. The van der Waals surface area contributed by atoms with Crippen molar-refractivity contribution in [1.82, 2.24) is 5.32 Å². The Morgan fingerprint density at radius 3 is 2.39 bits per heavy atom. The van der Waals surface area contributed by atoms with Crippen LogP contribution in [0.2, 0.25) is 0 Å². The third-order valence-electron chi connectivity index (χ3n) is 3.08. The van der Waals surface area contributed by atoms with Crippen molar-refractivity contribution in [2.75, 3.05) is 26.9 Å². The molecule has 1 aromatic carbocycles. The van der Waals surface area contributed by atoms with Crippen molar-refractivity contribution in [1.29, 1.82) is 0 Å². The molecule has 0 aliphatic heterocycles. The predicted molar refractivity (Wildman–Crippen MR) is 87.5 cm³/mol. The molecule has 0 aliphatic carbocycles. The normalized spacial score (nSPS) is 13.7. The van der Waals surface area contributed by atoms with Gasteiger partial charge in [0.1, 0.15) is 18.5 Å². The van der Waals surface area contributed by atoms with E-state index in [0.29, 0.717) is 24.9 Å². The number of carbonyl (C=O) groups excluding carboxylic acids is 1.